The topological polar surface area (TPSA) is 80.9 Å². The van der Waals surface area contributed by atoms with E-state index in [1.807, 2.05) is 30.3 Å². The lowest BCUT2D eigenvalue weighted by molar-refractivity contribution is 0.0996. The Hall–Kier alpha value is -3.02. The summed E-state index contributed by atoms with van der Waals surface area (Å²) in [5.74, 6) is 1.60. The highest BCUT2D eigenvalue weighted by molar-refractivity contribution is 6.03. The summed E-state index contributed by atoms with van der Waals surface area (Å²) < 4.78 is 5.64. The van der Waals surface area contributed by atoms with Crippen molar-refractivity contribution in [3.05, 3.63) is 60.0 Å². The number of carbonyl (C=O) groups excluding carboxylic acids is 1. The third-order valence-electron chi connectivity index (χ3n) is 3.90. The molecule has 3 aromatic rings. The standard InChI is InChI=1S/C18H16N4O2/c1-11-15(24-18(21-11)13-5-3-2-4-6-13)17(23)22-14-9-19-16(20-10-14)12-7-8-12/h2-6,9-10,12H,7-8H2,1H3,(H,22,23). The van der Waals surface area contributed by atoms with E-state index in [1.165, 1.54) is 0 Å². The number of rotatable bonds is 4. The van der Waals surface area contributed by atoms with Crippen LogP contribution >= 0.6 is 0 Å². The van der Waals surface area contributed by atoms with Gasteiger partial charge in [-0.3, -0.25) is 4.79 Å². The second-order valence-corrected chi connectivity index (χ2v) is 5.86. The highest BCUT2D eigenvalue weighted by Gasteiger charge is 2.26. The molecule has 0 spiro atoms. The van der Waals surface area contributed by atoms with Gasteiger partial charge in [0.1, 0.15) is 5.82 Å². The maximum absolute atomic E-state index is 12.4. The number of oxazole rings is 1. The fraction of sp³-hybridized carbons (Fsp3) is 0.222. The Kier molecular flexibility index (Phi) is 3.57. The zero-order valence-electron chi connectivity index (χ0n) is 13.2. The lowest BCUT2D eigenvalue weighted by Crippen LogP contribution is -2.13. The minimum Gasteiger partial charge on any atom is -0.431 e. The third kappa shape index (κ3) is 2.90. The molecule has 4 rings (SSSR count). The van der Waals surface area contributed by atoms with Gasteiger partial charge in [0.2, 0.25) is 11.7 Å². The zero-order valence-corrected chi connectivity index (χ0v) is 13.2. The molecule has 6 heteroatoms. The van der Waals surface area contributed by atoms with E-state index in [0.717, 1.165) is 24.2 Å². The number of hydrogen-bond acceptors (Lipinski definition) is 5. The molecule has 1 fully saturated rings. The molecule has 0 radical (unpaired) electrons. The fourth-order valence-electron chi connectivity index (χ4n) is 2.45. The molecule has 120 valence electrons. The van der Waals surface area contributed by atoms with E-state index in [4.69, 9.17) is 4.42 Å². The van der Waals surface area contributed by atoms with Gasteiger partial charge in [-0.2, -0.15) is 0 Å². The second-order valence-electron chi connectivity index (χ2n) is 5.86. The minimum atomic E-state index is -0.357. The van der Waals surface area contributed by atoms with Crippen LogP contribution in [0.1, 0.15) is 40.8 Å². The normalized spacial score (nSPS) is 13.7. The number of aromatic nitrogens is 3. The summed E-state index contributed by atoms with van der Waals surface area (Å²) >= 11 is 0. The van der Waals surface area contributed by atoms with Crippen LogP contribution in [0.2, 0.25) is 0 Å². The molecular formula is C18H16N4O2. The molecule has 0 atom stereocenters. The summed E-state index contributed by atoms with van der Waals surface area (Å²) in [7, 11) is 0. The summed E-state index contributed by atoms with van der Waals surface area (Å²) in [6, 6.07) is 9.48. The molecule has 1 amide bonds. The summed E-state index contributed by atoms with van der Waals surface area (Å²) in [5, 5.41) is 2.75. The Labute approximate surface area is 139 Å². The van der Waals surface area contributed by atoms with Gasteiger partial charge in [-0.05, 0) is 31.9 Å². The Morgan fingerprint density at radius 2 is 1.88 bits per heavy atom. The maximum Gasteiger partial charge on any atom is 0.293 e. The second kappa shape index (κ2) is 5.88. The van der Waals surface area contributed by atoms with Crippen LogP contribution in [0.4, 0.5) is 5.69 Å². The Bertz CT molecular complexity index is 868. The summed E-state index contributed by atoms with van der Waals surface area (Å²) in [6.45, 7) is 1.75. The molecule has 6 nitrogen and oxygen atoms in total. The van der Waals surface area contributed by atoms with Crippen LogP contribution in [0.15, 0.2) is 47.1 Å². The first-order valence-electron chi connectivity index (χ1n) is 7.87. The van der Waals surface area contributed by atoms with Crippen LogP contribution in [0, 0.1) is 6.92 Å². The number of anilines is 1. The number of amides is 1. The van der Waals surface area contributed by atoms with Crippen LogP contribution < -0.4 is 5.32 Å². The molecule has 1 saturated carbocycles. The van der Waals surface area contributed by atoms with E-state index in [-0.39, 0.29) is 11.7 Å². The molecule has 2 aromatic heterocycles. The monoisotopic (exact) mass is 320 g/mol. The Balaban J connectivity index is 1.52. The molecule has 0 aliphatic heterocycles. The van der Waals surface area contributed by atoms with Crippen molar-refractivity contribution in [3.63, 3.8) is 0 Å². The SMILES string of the molecule is Cc1nc(-c2ccccc2)oc1C(=O)Nc1cnc(C2CC2)nc1. The van der Waals surface area contributed by atoms with Crippen molar-refractivity contribution >= 4 is 11.6 Å². The quantitative estimate of drug-likeness (QED) is 0.795. The Morgan fingerprint density at radius 3 is 2.54 bits per heavy atom. The van der Waals surface area contributed by atoms with Crippen molar-refractivity contribution in [2.75, 3.05) is 5.32 Å². The molecule has 0 saturated heterocycles. The average molecular weight is 320 g/mol. The summed E-state index contributed by atoms with van der Waals surface area (Å²) in [6.07, 6.45) is 5.54. The first-order valence-corrected chi connectivity index (χ1v) is 7.87. The zero-order chi connectivity index (χ0) is 16.5. The number of hydrogen-bond donors (Lipinski definition) is 1. The molecule has 2 heterocycles. The molecule has 24 heavy (non-hydrogen) atoms. The van der Waals surface area contributed by atoms with Crippen molar-refractivity contribution in [1.82, 2.24) is 15.0 Å². The summed E-state index contributed by atoms with van der Waals surface area (Å²) in [5.41, 5.74) is 1.92. The van der Waals surface area contributed by atoms with Gasteiger partial charge >= 0.3 is 0 Å². The van der Waals surface area contributed by atoms with Crippen LogP contribution in [0.5, 0.6) is 0 Å². The molecular weight excluding hydrogens is 304 g/mol. The number of nitrogens with one attached hydrogen (secondary N) is 1. The Morgan fingerprint density at radius 1 is 1.17 bits per heavy atom. The van der Waals surface area contributed by atoms with Gasteiger partial charge in [0.05, 0.1) is 23.8 Å². The largest absolute Gasteiger partial charge is 0.431 e. The predicted molar refractivity (Wildman–Crippen MR) is 88.6 cm³/mol. The minimum absolute atomic E-state index is 0.195. The van der Waals surface area contributed by atoms with Crippen molar-refractivity contribution < 1.29 is 9.21 Å². The van der Waals surface area contributed by atoms with E-state index in [1.54, 1.807) is 19.3 Å². The van der Waals surface area contributed by atoms with Gasteiger partial charge in [-0.15, -0.1) is 0 Å². The molecule has 0 unspecified atom stereocenters. The van der Waals surface area contributed by atoms with Gasteiger partial charge in [-0.25, -0.2) is 15.0 Å². The first-order chi connectivity index (χ1) is 11.7. The van der Waals surface area contributed by atoms with Crippen molar-refractivity contribution in [1.29, 1.82) is 0 Å². The molecule has 0 bridgehead atoms. The van der Waals surface area contributed by atoms with Gasteiger partial charge in [0.25, 0.3) is 5.91 Å². The van der Waals surface area contributed by atoms with E-state index >= 15 is 0 Å². The number of aryl methyl sites for hydroxylation is 1. The van der Waals surface area contributed by atoms with Crippen LogP contribution in [0.25, 0.3) is 11.5 Å². The van der Waals surface area contributed by atoms with Crippen LogP contribution in [0.3, 0.4) is 0 Å². The molecule has 1 aliphatic rings. The van der Waals surface area contributed by atoms with Crippen molar-refractivity contribution in [2.24, 2.45) is 0 Å². The number of nitrogens with zero attached hydrogens (tertiary/aromatic N) is 3. The first kappa shape index (κ1) is 14.6. The van der Waals surface area contributed by atoms with E-state index in [9.17, 15) is 4.79 Å². The number of carbonyl (C=O) groups is 1. The lowest BCUT2D eigenvalue weighted by Gasteiger charge is -2.03. The lowest BCUT2D eigenvalue weighted by atomic mass is 10.2. The fourth-order valence-corrected chi connectivity index (χ4v) is 2.45. The van der Waals surface area contributed by atoms with E-state index in [2.05, 4.69) is 20.3 Å². The van der Waals surface area contributed by atoms with E-state index in [0.29, 0.717) is 23.2 Å². The predicted octanol–water partition coefficient (Wildman–Crippen LogP) is 3.57. The highest BCUT2D eigenvalue weighted by atomic mass is 16.4. The van der Waals surface area contributed by atoms with E-state index < -0.39 is 0 Å². The number of benzene rings is 1. The van der Waals surface area contributed by atoms with Gasteiger partial charge in [-0.1, -0.05) is 18.2 Å². The molecule has 1 aliphatic carbocycles. The maximum atomic E-state index is 12.4. The van der Waals surface area contributed by atoms with Crippen LogP contribution in [-0.4, -0.2) is 20.9 Å². The average Bonchev–Trinajstić information content (AvgIpc) is 3.38. The molecule has 1 N–H and O–H groups in total. The van der Waals surface area contributed by atoms with Crippen LogP contribution in [-0.2, 0) is 0 Å². The highest BCUT2D eigenvalue weighted by Crippen LogP contribution is 2.37. The molecule has 1 aromatic carbocycles. The van der Waals surface area contributed by atoms with Crippen molar-refractivity contribution in [2.45, 2.75) is 25.7 Å². The van der Waals surface area contributed by atoms with Gasteiger partial charge in [0, 0.05) is 11.5 Å². The van der Waals surface area contributed by atoms with Crippen molar-refractivity contribution in [3.8, 4) is 11.5 Å². The van der Waals surface area contributed by atoms with Gasteiger partial charge < -0.3 is 9.73 Å². The van der Waals surface area contributed by atoms with Gasteiger partial charge in [0.15, 0.2) is 0 Å². The third-order valence-corrected chi connectivity index (χ3v) is 3.90. The smallest absolute Gasteiger partial charge is 0.293 e. The summed E-state index contributed by atoms with van der Waals surface area (Å²) in [4.78, 5) is 25.3.